The largest absolute Gasteiger partial charge is 0.379 e. The second-order valence-corrected chi connectivity index (χ2v) is 5.53. The lowest BCUT2D eigenvalue weighted by molar-refractivity contribution is 0.0126. The summed E-state index contributed by atoms with van der Waals surface area (Å²) in [7, 11) is 0. The number of carbonyl (C=O) groups excluding carboxylic acids is 1. The summed E-state index contributed by atoms with van der Waals surface area (Å²) in [6.07, 6.45) is 1.73. The van der Waals surface area contributed by atoms with Crippen LogP contribution < -0.4 is 5.43 Å². The van der Waals surface area contributed by atoms with E-state index < -0.39 is 0 Å². The summed E-state index contributed by atoms with van der Waals surface area (Å²) in [6, 6.07) is 7.31. The van der Waals surface area contributed by atoms with Crippen molar-refractivity contribution in [3.8, 4) is 5.69 Å². The number of hydrazine groups is 1. The normalized spacial score (nSPS) is 15.7. The van der Waals surface area contributed by atoms with Crippen LogP contribution in [0.2, 0.25) is 5.02 Å². The van der Waals surface area contributed by atoms with E-state index in [2.05, 4.69) is 10.5 Å². The van der Waals surface area contributed by atoms with Crippen LogP contribution in [0, 0.1) is 6.92 Å². The molecule has 0 saturated carbocycles. The molecule has 0 atom stereocenters. The Morgan fingerprint density at radius 1 is 1.27 bits per heavy atom. The summed E-state index contributed by atoms with van der Waals surface area (Å²) < 4.78 is 6.94. The van der Waals surface area contributed by atoms with Gasteiger partial charge in [-0.2, -0.15) is 5.10 Å². The van der Waals surface area contributed by atoms with E-state index in [1.54, 1.807) is 23.0 Å². The van der Waals surface area contributed by atoms with Gasteiger partial charge in [-0.25, -0.2) is 9.69 Å². The van der Waals surface area contributed by atoms with E-state index in [4.69, 9.17) is 16.3 Å². The van der Waals surface area contributed by atoms with Crippen LogP contribution in [-0.2, 0) is 4.74 Å². The van der Waals surface area contributed by atoms with Gasteiger partial charge in [-0.15, -0.1) is 0 Å². The SMILES string of the molecule is Cc1nn(-c2ccc(Cl)cc2)cc1C(=O)NN1CCOCC1. The Labute approximate surface area is 133 Å². The van der Waals surface area contributed by atoms with E-state index in [1.165, 1.54) is 0 Å². The number of ether oxygens (including phenoxy) is 1. The molecule has 0 aliphatic carbocycles. The average Bonchev–Trinajstić information content (AvgIpc) is 2.91. The first-order chi connectivity index (χ1) is 10.6. The molecule has 1 N–H and O–H groups in total. The first-order valence-electron chi connectivity index (χ1n) is 7.09. The number of amides is 1. The zero-order valence-corrected chi connectivity index (χ0v) is 13.0. The smallest absolute Gasteiger partial charge is 0.269 e. The number of nitrogens with zero attached hydrogens (tertiary/aromatic N) is 3. The Bertz CT molecular complexity index is 663. The minimum absolute atomic E-state index is 0.153. The maximum absolute atomic E-state index is 12.4. The third-order valence-electron chi connectivity index (χ3n) is 3.51. The number of hydrogen-bond acceptors (Lipinski definition) is 4. The molecule has 3 rings (SSSR count). The molecule has 6 nitrogen and oxygen atoms in total. The molecule has 0 spiro atoms. The fourth-order valence-corrected chi connectivity index (χ4v) is 2.41. The molecule has 1 amide bonds. The molecule has 1 aliphatic heterocycles. The van der Waals surface area contributed by atoms with Gasteiger partial charge in [0.1, 0.15) is 0 Å². The van der Waals surface area contributed by atoms with Crippen molar-refractivity contribution in [1.29, 1.82) is 0 Å². The highest BCUT2D eigenvalue weighted by molar-refractivity contribution is 6.30. The van der Waals surface area contributed by atoms with Crippen LogP contribution in [0.25, 0.3) is 5.69 Å². The van der Waals surface area contributed by atoms with E-state index >= 15 is 0 Å². The monoisotopic (exact) mass is 320 g/mol. The van der Waals surface area contributed by atoms with Gasteiger partial charge in [0, 0.05) is 24.3 Å². The van der Waals surface area contributed by atoms with Crippen molar-refractivity contribution < 1.29 is 9.53 Å². The summed E-state index contributed by atoms with van der Waals surface area (Å²) in [6.45, 7) is 4.46. The van der Waals surface area contributed by atoms with Crippen LogP contribution in [0.1, 0.15) is 16.1 Å². The molecule has 1 fully saturated rings. The second-order valence-electron chi connectivity index (χ2n) is 5.09. The predicted octanol–water partition coefficient (Wildman–Crippen LogP) is 1.81. The lowest BCUT2D eigenvalue weighted by Gasteiger charge is -2.26. The lowest BCUT2D eigenvalue weighted by Crippen LogP contribution is -2.48. The van der Waals surface area contributed by atoms with Crippen LogP contribution in [-0.4, -0.2) is 47.0 Å². The highest BCUT2D eigenvalue weighted by Gasteiger charge is 2.18. The zero-order chi connectivity index (χ0) is 15.5. The molecular weight excluding hydrogens is 304 g/mol. The molecule has 0 unspecified atom stereocenters. The first-order valence-corrected chi connectivity index (χ1v) is 7.47. The van der Waals surface area contributed by atoms with Crippen molar-refractivity contribution in [2.45, 2.75) is 6.92 Å². The van der Waals surface area contributed by atoms with Gasteiger partial charge in [-0.3, -0.25) is 10.2 Å². The van der Waals surface area contributed by atoms with Crippen molar-refractivity contribution >= 4 is 17.5 Å². The molecule has 0 radical (unpaired) electrons. The standard InChI is InChI=1S/C15H17ClN4O2/c1-11-14(15(21)18-19-6-8-22-9-7-19)10-20(17-11)13-4-2-12(16)3-5-13/h2-5,10H,6-9H2,1H3,(H,18,21). The number of benzene rings is 1. The molecule has 22 heavy (non-hydrogen) atoms. The number of halogens is 1. The highest BCUT2D eigenvalue weighted by Crippen LogP contribution is 2.15. The summed E-state index contributed by atoms with van der Waals surface area (Å²) in [4.78, 5) is 12.4. The summed E-state index contributed by atoms with van der Waals surface area (Å²) in [5.41, 5.74) is 4.99. The fourth-order valence-electron chi connectivity index (χ4n) is 2.29. The maximum Gasteiger partial charge on any atom is 0.269 e. The van der Waals surface area contributed by atoms with Gasteiger partial charge in [0.25, 0.3) is 5.91 Å². The van der Waals surface area contributed by atoms with E-state index in [0.717, 1.165) is 5.69 Å². The maximum atomic E-state index is 12.4. The van der Waals surface area contributed by atoms with Crippen LogP contribution in [0.4, 0.5) is 0 Å². The highest BCUT2D eigenvalue weighted by atomic mass is 35.5. The predicted molar refractivity (Wildman–Crippen MR) is 83.2 cm³/mol. The molecule has 1 aromatic carbocycles. The van der Waals surface area contributed by atoms with E-state index in [9.17, 15) is 4.79 Å². The Hall–Kier alpha value is -1.89. The van der Waals surface area contributed by atoms with E-state index in [-0.39, 0.29) is 5.91 Å². The second kappa shape index (κ2) is 6.48. The number of aromatic nitrogens is 2. The first kappa shape index (κ1) is 15.0. The van der Waals surface area contributed by atoms with Crippen LogP contribution in [0.3, 0.4) is 0 Å². The van der Waals surface area contributed by atoms with Gasteiger partial charge in [-0.1, -0.05) is 11.6 Å². The molecule has 2 aromatic rings. The van der Waals surface area contributed by atoms with Gasteiger partial charge < -0.3 is 4.74 Å². The van der Waals surface area contributed by atoms with Gasteiger partial charge in [0.2, 0.25) is 0 Å². The number of aryl methyl sites for hydroxylation is 1. The third kappa shape index (κ3) is 3.30. The summed E-state index contributed by atoms with van der Waals surface area (Å²) in [5.74, 6) is -0.153. The number of carbonyl (C=O) groups is 1. The molecule has 1 saturated heterocycles. The van der Waals surface area contributed by atoms with Crippen LogP contribution in [0.5, 0.6) is 0 Å². The van der Waals surface area contributed by atoms with Crippen LogP contribution in [0.15, 0.2) is 30.5 Å². The molecule has 116 valence electrons. The van der Waals surface area contributed by atoms with Crippen molar-refractivity contribution in [1.82, 2.24) is 20.2 Å². The van der Waals surface area contributed by atoms with Gasteiger partial charge in [0.05, 0.1) is 30.2 Å². The Morgan fingerprint density at radius 2 is 1.95 bits per heavy atom. The van der Waals surface area contributed by atoms with Crippen molar-refractivity contribution in [3.05, 3.63) is 46.7 Å². The zero-order valence-electron chi connectivity index (χ0n) is 12.3. The molecule has 2 heterocycles. The molecule has 1 aliphatic rings. The molecule has 0 bridgehead atoms. The van der Waals surface area contributed by atoms with Gasteiger partial charge in [0.15, 0.2) is 0 Å². The minimum Gasteiger partial charge on any atom is -0.379 e. The Morgan fingerprint density at radius 3 is 2.64 bits per heavy atom. The van der Waals surface area contributed by atoms with Crippen molar-refractivity contribution in [3.63, 3.8) is 0 Å². The lowest BCUT2D eigenvalue weighted by atomic mass is 10.2. The van der Waals surface area contributed by atoms with Crippen molar-refractivity contribution in [2.75, 3.05) is 26.3 Å². The Kier molecular flexibility index (Phi) is 4.42. The van der Waals surface area contributed by atoms with E-state index in [0.29, 0.717) is 42.6 Å². The summed E-state index contributed by atoms with van der Waals surface area (Å²) in [5, 5.41) is 6.92. The van der Waals surface area contributed by atoms with Gasteiger partial charge >= 0.3 is 0 Å². The fraction of sp³-hybridized carbons (Fsp3) is 0.333. The minimum atomic E-state index is -0.153. The molecular formula is C15H17ClN4O2. The quantitative estimate of drug-likeness (QED) is 0.937. The Balaban J connectivity index is 1.76. The third-order valence-corrected chi connectivity index (χ3v) is 3.76. The van der Waals surface area contributed by atoms with Crippen LogP contribution >= 0.6 is 11.6 Å². The van der Waals surface area contributed by atoms with E-state index in [1.807, 2.05) is 24.1 Å². The number of nitrogens with one attached hydrogen (secondary N) is 1. The van der Waals surface area contributed by atoms with Gasteiger partial charge in [-0.05, 0) is 31.2 Å². The number of rotatable bonds is 3. The average molecular weight is 321 g/mol. The number of hydrogen-bond donors (Lipinski definition) is 1. The topological polar surface area (TPSA) is 59.4 Å². The molecule has 1 aromatic heterocycles. The van der Waals surface area contributed by atoms with Crippen molar-refractivity contribution in [2.24, 2.45) is 0 Å². The number of morpholine rings is 1. The summed E-state index contributed by atoms with van der Waals surface area (Å²) >= 11 is 5.89. The molecule has 7 heteroatoms.